The van der Waals surface area contributed by atoms with Gasteiger partial charge in [-0.25, -0.2) is 0 Å². The van der Waals surface area contributed by atoms with Crippen LogP contribution in [0.1, 0.15) is 26.7 Å². The van der Waals surface area contributed by atoms with Gasteiger partial charge in [0.2, 0.25) is 11.8 Å². The third kappa shape index (κ3) is 4.18. The average molecular weight is 227 g/mol. The summed E-state index contributed by atoms with van der Waals surface area (Å²) in [5, 5.41) is 5.99. The van der Waals surface area contributed by atoms with Crippen LogP contribution in [-0.4, -0.2) is 48.9 Å². The van der Waals surface area contributed by atoms with E-state index in [2.05, 4.69) is 10.6 Å². The normalized spacial score (nSPS) is 21.4. The minimum atomic E-state index is 0.00885. The lowest BCUT2D eigenvalue weighted by molar-refractivity contribution is -0.132. The Morgan fingerprint density at radius 2 is 2.25 bits per heavy atom. The second-order valence-electron chi connectivity index (χ2n) is 4.61. The highest BCUT2D eigenvalue weighted by atomic mass is 16.2. The van der Waals surface area contributed by atoms with Gasteiger partial charge in [-0.3, -0.25) is 9.59 Å². The molecule has 0 saturated carbocycles. The van der Waals surface area contributed by atoms with Crippen LogP contribution in [0.15, 0.2) is 0 Å². The first-order chi connectivity index (χ1) is 7.49. The Balaban J connectivity index is 2.23. The first-order valence-electron chi connectivity index (χ1n) is 5.75. The van der Waals surface area contributed by atoms with Crippen LogP contribution < -0.4 is 10.6 Å². The molecule has 5 heteroatoms. The maximum Gasteiger partial charge on any atom is 0.234 e. The fourth-order valence-corrected chi connectivity index (χ4v) is 1.79. The smallest absolute Gasteiger partial charge is 0.234 e. The minimum absolute atomic E-state index is 0.00885. The average Bonchev–Trinajstić information content (AvgIpc) is 2.19. The van der Waals surface area contributed by atoms with Gasteiger partial charge in [0.15, 0.2) is 0 Å². The van der Waals surface area contributed by atoms with Crippen LogP contribution in [0.25, 0.3) is 0 Å². The summed E-state index contributed by atoms with van der Waals surface area (Å²) < 4.78 is 0. The predicted octanol–water partition coefficient (Wildman–Crippen LogP) is -0.279. The first kappa shape index (κ1) is 13.0. The second kappa shape index (κ2) is 5.84. The summed E-state index contributed by atoms with van der Waals surface area (Å²) in [4.78, 5) is 24.3. The van der Waals surface area contributed by atoms with Gasteiger partial charge < -0.3 is 15.5 Å². The zero-order chi connectivity index (χ0) is 12.1. The van der Waals surface area contributed by atoms with E-state index in [4.69, 9.17) is 0 Å². The Bertz CT molecular complexity index is 266. The molecule has 16 heavy (non-hydrogen) atoms. The van der Waals surface area contributed by atoms with Crippen molar-refractivity contribution in [3.8, 4) is 0 Å². The Hall–Kier alpha value is -1.10. The lowest BCUT2D eigenvalue weighted by Gasteiger charge is -2.30. The van der Waals surface area contributed by atoms with E-state index in [-0.39, 0.29) is 23.9 Å². The third-order valence-corrected chi connectivity index (χ3v) is 2.63. The lowest BCUT2D eigenvalue weighted by atomic mass is 10.1. The standard InChI is InChI=1S/C11H21N3O2/c1-8(2)13-10(15)6-12-9-4-5-11(16)14(3)7-9/h8-9,12H,4-7H2,1-3H3,(H,13,15). The van der Waals surface area contributed by atoms with Gasteiger partial charge >= 0.3 is 0 Å². The van der Waals surface area contributed by atoms with Crippen molar-refractivity contribution < 1.29 is 9.59 Å². The number of likely N-dealkylation sites (tertiary alicyclic amines) is 1. The van der Waals surface area contributed by atoms with E-state index in [1.807, 2.05) is 13.8 Å². The van der Waals surface area contributed by atoms with Crippen LogP contribution in [0.4, 0.5) is 0 Å². The molecule has 0 aromatic heterocycles. The topological polar surface area (TPSA) is 61.4 Å². The molecule has 1 saturated heterocycles. The highest BCUT2D eigenvalue weighted by molar-refractivity contribution is 5.78. The molecule has 1 unspecified atom stereocenters. The summed E-state index contributed by atoms with van der Waals surface area (Å²) in [7, 11) is 1.80. The molecule has 1 atom stereocenters. The number of nitrogens with zero attached hydrogens (tertiary/aromatic N) is 1. The monoisotopic (exact) mass is 227 g/mol. The van der Waals surface area contributed by atoms with Crippen molar-refractivity contribution in [1.82, 2.24) is 15.5 Å². The summed E-state index contributed by atoms with van der Waals surface area (Å²) in [5.74, 6) is 0.194. The van der Waals surface area contributed by atoms with Crippen molar-refractivity contribution in [2.75, 3.05) is 20.1 Å². The zero-order valence-corrected chi connectivity index (χ0v) is 10.2. The summed E-state index contributed by atoms with van der Waals surface area (Å²) in [5.41, 5.74) is 0. The van der Waals surface area contributed by atoms with Crippen LogP contribution in [0.3, 0.4) is 0 Å². The Morgan fingerprint density at radius 1 is 1.56 bits per heavy atom. The highest BCUT2D eigenvalue weighted by Crippen LogP contribution is 2.08. The van der Waals surface area contributed by atoms with Crippen molar-refractivity contribution in [2.45, 2.75) is 38.8 Å². The Morgan fingerprint density at radius 3 is 2.81 bits per heavy atom. The van der Waals surface area contributed by atoms with Crippen molar-refractivity contribution >= 4 is 11.8 Å². The molecule has 1 aliphatic heterocycles. The molecule has 0 aliphatic carbocycles. The van der Waals surface area contributed by atoms with Crippen LogP contribution >= 0.6 is 0 Å². The van der Waals surface area contributed by atoms with Gasteiger partial charge in [0, 0.05) is 32.1 Å². The highest BCUT2D eigenvalue weighted by Gasteiger charge is 2.22. The van der Waals surface area contributed by atoms with Gasteiger partial charge in [0.1, 0.15) is 0 Å². The SMILES string of the molecule is CC(C)NC(=O)CNC1CCC(=O)N(C)C1. The number of piperidine rings is 1. The van der Waals surface area contributed by atoms with Gasteiger partial charge in [-0.05, 0) is 20.3 Å². The molecule has 2 amide bonds. The van der Waals surface area contributed by atoms with E-state index in [0.717, 1.165) is 6.42 Å². The maximum absolute atomic E-state index is 11.4. The van der Waals surface area contributed by atoms with Crippen molar-refractivity contribution in [1.29, 1.82) is 0 Å². The van der Waals surface area contributed by atoms with E-state index in [1.165, 1.54) is 0 Å². The fraction of sp³-hybridized carbons (Fsp3) is 0.818. The minimum Gasteiger partial charge on any atom is -0.353 e. The molecule has 0 spiro atoms. The summed E-state index contributed by atoms with van der Waals surface area (Å²) in [6.45, 7) is 4.88. The van der Waals surface area contributed by atoms with Gasteiger partial charge in [-0.15, -0.1) is 0 Å². The molecular weight excluding hydrogens is 206 g/mol. The maximum atomic E-state index is 11.4. The van der Waals surface area contributed by atoms with E-state index in [0.29, 0.717) is 19.5 Å². The largest absolute Gasteiger partial charge is 0.353 e. The predicted molar refractivity (Wildman–Crippen MR) is 61.9 cm³/mol. The molecule has 1 heterocycles. The number of hydrogen-bond donors (Lipinski definition) is 2. The number of hydrogen-bond acceptors (Lipinski definition) is 3. The van der Waals surface area contributed by atoms with Crippen molar-refractivity contribution in [2.24, 2.45) is 0 Å². The van der Waals surface area contributed by atoms with Gasteiger partial charge in [0.25, 0.3) is 0 Å². The lowest BCUT2D eigenvalue weighted by Crippen LogP contribution is -2.49. The summed E-state index contributed by atoms with van der Waals surface area (Å²) >= 11 is 0. The van der Waals surface area contributed by atoms with Gasteiger partial charge in [0.05, 0.1) is 6.54 Å². The molecular formula is C11H21N3O2. The zero-order valence-electron chi connectivity index (χ0n) is 10.2. The van der Waals surface area contributed by atoms with Crippen molar-refractivity contribution in [3.63, 3.8) is 0 Å². The number of carbonyl (C=O) groups excluding carboxylic acids is 2. The molecule has 1 fully saturated rings. The Kier molecular flexibility index (Phi) is 4.73. The fourth-order valence-electron chi connectivity index (χ4n) is 1.79. The molecule has 0 radical (unpaired) electrons. The molecule has 0 aromatic carbocycles. The molecule has 2 N–H and O–H groups in total. The van der Waals surface area contributed by atoms with E-state index < -0.39 is 0 Å². The molecule has 1 rings (SSSR count). The van der Waals surface area contributed by atoms with Crippen LogP contribution in [0, 0.1) is 0 Å². The number of amides is 2. The molecule has 92 valence electrons. The summed E-state index contributed by atoms with van der Waals surface area (Å²) in [6.07, 6.45) is 1.39. The Labute approximate surface area is 96.6 Å². The molecule has 5 nitrogen and oxygen atoms in total. The second-order valence-corrected chi connectivity index (χ2v) is 4.61. The van der Waals surface area contributed by atoms with E-state index in [9.17, 15) is 9.59 Å². The van der Waals surface area contributed by atoms with Crippen LogP contribution in [0.2, 0.25) is 0 Å². The van der Waals surface area contributed by atoms with Crippen LogP contribution in [-0.2, 0) is 9.59 Å². The van der Waals surface area contributed by atoms with Crippen molar-refractivity contribution in [3.05, 3.63) is 0 Å². The number of rotatable bonds is 4. The summed E-state index contributed by atoms with van der Waals surface area (Å²) in [6, 6.07) is 0.408. The first-order valence-corrected chi connectivity index (χ1v) is 5.75. The van der Waals surface area contributed by atoms with E-state index >= 15 is 0 Å². The molecule has 0 aromatic rings. The molecule has 0 bridgehead atoms. The molecule has 1 aliphatic rings. The van der Waals surface area contributed by atoms with Gasteiger partial charge in [-0.1, -0.05) is 0 Å². The van der Waals surface area contributed by atoms with Crippen LogP contribution in [0.5, 0.6) is 0 Å². The third-order valence-electron chi connectivity index (χ3n) is 2.63. The quantitative estimate of drug-likeness (QED) is 0.694. The number of likely N-dealkylation sites (N-methyl/N-ethyl adjacent to an activating group) is 1. The van der Waals surface area contributed by atoms with Gasteiger partial charge in [-0.2, -0.15) is 0 Å². The number of carbonyl (C=O) groups is 2. The number of nitrogens with one attached hydrogen (secondary N) is 2. The van der Waals surface area contributed by atoms with E-state index in [1.54, 1.807) is 11.9 Å².